The minimum Gasteiger partial charge on any atom is -0.353 e. The number of aromatic amines is 1. The molecule has 1 fully saturated rings. The SMILES string of the molecule is C[C@H](Nc1nc(=O)n(CC(F)(F)F)c(=O)[nH]1)C1CCCCC1. The van der Waals surface area contributed by atoms with Gasteiger partial charge in [0.25, 0.3) is 0 Å². The number of H-pyrrole nitrogens is 1. The van der Waals surface area contributed by atoms with E-state index in [2.05, 4.69) is 15.3 Å². The molecule has 1 saturated carbocycles. The molecule has 1 aliphatic carbocycles. The molecule has 0 bridgehead atoms. The molecule has 1 aromatic rings. The van der Waals surface area contributed by atoms with Crippen molar-refractivity contribution in [2.24, 2.45) is 5.92 Å². The summed E-state index contributed by atoms with van der Waals surface area (Å²) in [5.41, 5.74) is -2.32. The van der Waals surface area contributed by atoms with Crippen molar-refractivity contribution in [3.63, 3.8) is 0 Å². The van der Waals surface area contributed by atoms with Gasteiger partial charge in [-0.25, -0.2) is 14.2 Å². The van der Waals surface area contributed by atoms with E-state index in [0.29, 0.717) is 5.92 Å². The molecule has 0 amide bonds. The van der Waals surface area contributed by atoms with Crippen molar-refractivity contribution in [1.29, 1.82) is 0 Å². The molecule has 0 saturated heterocycles. The molecule has 2 N–H and O–H groups in total. The molecule has 0 radical (unpaired) electrons. The molecule has 2 rings (SSSR count). The van der Waals surface area contributed by atoms with Gasteiger partial charge in [-0.1, -0.05) is 19.3 Å². The zero-order valence-electron chi connectivity index (χ0n) is 12.2. The number of rotatable bonds is 4. The number of anilines is 1. The highest BCUT2D eigenvalue weighted by molar-refractivity contribution is 5.23. The van der Waals surface area contributed by atoms with Gasteiger partial charge in [-0.3, -0.25) is 4.98 Å². The van der Waals surface area contributed by atoms with Crippen molar-refractivity contribution in [2.45, 2.75) is 57.8 Å². The van der Waals surface area contributed by atoms with E-state index in [-0.39, 0.29) is 16.6 Å². The van der Waals surface area contributed by atoms with Crippen LogP contribution in [-0.2, 0) is 6.54 Å². The first-order valence-corrected chi connectivity index (χ1v) is 7.31. The Morgan fingerprint density at radius 1 is 1.32 bits per heavy atom. The van der Waals surface area contributed by atoms with Crippen molar-refractivity contribution >= 4 is 5.95 Å². The Bertz CT molecular complexity index is 586. The van der Waals surface area contributed by atoms with Crippen LogP contribution in [0.4, 0.5) is 19.1 Å². The Morgan fingerprint density at radius 3 is 2.50 bits per heavy atom. The maximum absolute atomic E-state index is 12.3. The maximum Gasteiger partial charge on any atom is 0.406 e. The molecule has 0 spiro atoms. The van der Waals surface area contributed by atoms with E-state index in [1.165, 1.54) is 6.42 Å². The van der Waals surface area contributed by atoms with E-state index in [4.69, 9.17) is 0 Å². The van der Waals surface area contributed by atoms with E-state index in [1.807, 2.05) is 6.92 Å². The second kappa shape index (κ2) is 6.53. The molecular formula is C13H19F3N4O2. The molecule has 9 heteroatoms. The van der Waals surface area contributed by atoms with E-state index >= 15 is 0 Å². The molecule has 1 aromatic heterocycles. The van der Waals surface area contributed by atoms with Gasteiger partial charge >= 0.3 is 17.6 Å². The fourth-order valence-corrected chi connectivity index (χ4v) is 2.79. The van der Waals surface area contributed by atoms with Crippen LogP contribution in [-0.4, -0.2) is 26.8 Å². The Labute approximate surface area is 124 Å². The quantitative estimate of drug-likeness (QED) is 0.887. The minimum atomic E-state index is -4.65. The van der Waals surface area contributed by atoms with Crippen LogP contribution in [0.1, 0.15) is 39.0 Å². The van der Waals surface area contributed by atoms with Gasteiger partial charge in [0.1, 0.15) is 6.54 Å². The Hall–Kier alpha value is -1.80. The summed E-state index contributed by atoms with van der Waals surface area (Å²) in [4.78, 5) is 28.9. The van der Waals surface area contributed by atoms with Gasteiger partial charge in [0.05, 0.1) is 0 Å². The molecule has 1 heterocycles. The average Bonchev–Trinajstić information content (AvgIpc) is 2.43. The van der Waals surface area contributed by atoms with Crippen molar-refractivity contribution in [3.8, 4) is 0 Å². The maximum atomic E-state index is 12.3. The van der Waals surface area contributed by atoms with Crippen molar-refractivity contribution in [2.75, 3.05) is 5.32 Å². The van der Waals surface area contributed by atoms with Crippen molar-refractivity contribution in [1.82, 2.24) is 14.5 Å². The number of nitrogens with zero attached hydrogens (tertiary/aromatic N) is 2. The Balaban J connectivity index is 2.13. The number of alkyl halides is 3. The highest BCUT2D eigenvalue weighted by atomic mass is 19.4. The fraction of sp³-hybridized carbons (Fsp3) is 0.769. The topological polar surface area (TPSA) is 79.8 Å². The van der Waals surface area contributed by atoms with Crippen LogP contribution in [0.5, 0.6) is 0 Å². The number of nitrogens with one attached hydrogen (secondary N) is 2. The van der Waals surface area contributed by atoms with Crippen LogP contribution in [0.25, 0.3) is 0 Å². The third kappa shape index (κ3) is 4.35. The lowest BCUT2D eigenvalue weighted by Crippen LogP contribution is -2.42. The lowest BCUT2D eigenvalue weighted by molar-refractivity contribution is -0.142. The molecule has 0 aliphatic heterocycles. The zero-order valence-corrected chi connectivity index (χ0v) is 12.2. The summed E-state index contributed by atoms with van der Waals surface area (Å²) in [6.45, 7) is 0.268. The van der Waals surface area contributed by atoms with E-state index in [9.17, 15) is 22.8 Å². The van der Waals surface area contributed by atoms with Gasteiger partial charge in [0.2, 0.25) is 5.95 Å². The minimum absolute atomic E-state index is 0.0127. The van der Waals surface area contributed by atoms with E-state index in [0.717, 1.165) is 25.7 Å². The average molecular weight is 320 g/mol. The predicted molar refractivity (Wildman–Crippen MR) is 74.8 cm³/mol. The summed E-state index contributed by atoms with van der Waals surface area (Å²) in [5, 5.41) is 2.92. The van der Waals surface area contributed by atoms with Crippen molar-refractivity contribution in [3.05, 3.63) is 21.0 Å². The molecular weight excluding hydrogens is 301 g/mol. The van der Waals surface area contributed by atoms with Gasteiger partial charge in [0, 0.05) is 6.04 Å². The highest BCUT2D eigenvalue weighted by Gasteiger charge is 2.30. The van der Waals surface area contributed by atoms with Crippen LogP contribution < -0.4 is 16.7 Å². The predicted octanol–water partition coefficient (Wildman–Crippen LogP) is 1.87. The summed E-state index contributed by atoms with van der Waals surface area (Å²) < 4.78 is 36.9. The second-order valence-electron chi connectivity index (χ2n) is 5.71. The Morgan fingerprint density at radius 2 is 1.95 bits per heavy atom. The molecule has 22 heavy (non-hydrogen) atoms. The third-order valence-corrected chi connectivity index (χ3v) is 3.97. The summed E-state index contributed by atoms with van der Waals surface area (Å²) >= 11 is 0. The lowest BCUT2D eigenvalue weighted by Gasteiger charge is -2.28. The van der Waals surface area contributed by atoms with Gasteiger partial charge in [-0.2, -0.15) is 18.2 Å². The Kier molecular flexibility index (Phi) is 4.92. The smallest absolute Gasteiger partial charge is 0.353 e. The van der Waals surface area contributed by atoms with E-state index in [1.54, 1.807) is 0 Å². The zero-order chi connectivity index (χ0) is 16.3. The van der Waals surface area contributed by atoms with Crippen LogP contribution in [0.3, 0.4) is 0 Å². The number of halogens is 3. The van der Waals surface area contributed by atoms with Crippen LogP contribution >= 0.6 is 0 Å². The molecule has 0 unspecified atom stereocenters. The first-order valence-electron chi connectivity index (χ1n) is 7.31. The third-order valence-electron chi connectivity index (χ3n) is 3.97. The first kappa shape index (κ1) is 16.6. The molecule has 0 aromatic carbocycles. The normalized spacial score (nSPS) is 18.2. The van der Waals surface area contributed by atoms with Gasteiger partial charge in [0.15, 0.2) is 0 Å². The highest BCUT2D eigenvalue weighted by Crippen LogP contribution is 2.27. The number of hydrogen-bond donors (Lipinski definition) is 2. The van der Waals surface area contributed by atoms with Crippen molar-refractivity contribution < 1.29 is 13.2 Å². The van der Waals surface area contributed by atoms with Crippen LogP contribution in [0.2, 0.25) is 0 Å². The van der Waals surface area contributed by atoms with Gasteiger partial charge in [-0.05, 0) is 25.7 Å². The molecule has 1 aliphatic rings. The number of aromatic nitrogens is 3. The molecule has 1 atom stereocenters. The second-order valence-corrected chi connectivity index (χ2v) is 5.71. The van der Waals surface area contributed by atoms with Gasteiger partial charge in [-0.15, -0.1) is 0 Å². The van der Waals surface area contributed by atoms with Gasteiger partial charge < -0.3 is 5.32 Å². The molecule has 124 valence electrons. The first-order chi connectivity index (χ1) is 10.3. The largest absolute Gasteiger partial charge is 0.406 e. The summed E-state index contributed by atoms with van der Waals surface area (Å²) in [6, 6.07) is -0.0127. The fourth-order valence-electron chi connectivity index (χ4n) is 2.79. The van der Waals surface area contributed by atoms with E-state index < -0.39 is 24.1 Å². The summed E-state index contributed by atoms with van der Waals surface area (Å²) in [7, 11) is 0. The lowest BCUT2D eigenvalue weighted by atomic mass is 9.85. The summed E-state index contributed by atoms with van der Waals surface area (Å²) in [5.74, 6) is 0.322. The van der Waals surface area contributed by atoms with Crippen LogP contribution in [0, 0.1) is 5.92 Å². The molecule has 6 nitrogen and oxygen atoms in total. The van der Waals surface area contributed by atoms with Crippen LogP contribution in [0.15, 0.2) is 9.59 Å². The summed E-state index contributed by atoms with van der Waals surface area (Å²) in [6.07, 6.45) is 0.906. The monoisotopic (exact) mass is 320 g/mol. The number of hydrogen-bond acceptors (Lipinski definition) is 4. The standard InChI is InChI=1S/C13H19F3N4O2/c1-8(9-5-3-2-4-6-9)17-10-18-11(21)20(12(22)19-10)7-13(14,15)16/h8-9H,2-7H2,1H3,(H2,17,18,19,21,22)/t8-/m0/s1.